The molecule has 6 nitrogen and oxygen atoms in total. The first-order valence-corrected chi connectivity index (χ1v) is 11.7. The molecule has 5 rings (SSSR count). The van der Waals surface area contributed by atoms with Gasteiger partial charge in [-0.25, -0.2) is 9.36 Å². The minimum atomic E-state index is -0.408. The van der Waals surface area contributed by atoms with Gasteiger partial charge in [-0.2, -0.15) is 0 Å². The molecule has 1 N–H and O–H groups in total. The number of nitrogens with zero attached hydrogens (tertiary/aromatic N) is 2. The summed E-state index contributed by atoms with van der Waals surface area (Å²) in [6.45, 7) is 2.36. The molecule has 1 heterocycles. The van der Waals surface area contributed by atoms with Gasteiger partial charge in [0.15, 0.2) is 0 Å². The number of fused-ring (bicyclic) bond motifs is 1. The van der Waals surface area contributed by atoms with Gasteiger partial charge in [0.1, 0.15) is 0 Å². The molecule has 0 aliphatic carbocycles. The normalized spacial score (nSPS) is 10.9. The van der Waals surface area contributed by atoms with Crippen LogP contribution in [0.1, 0.15) is 16.7 Å². The molecule has 0 spiro atoms. The lowest BCUT2D eigenvalue weighted by Crippen LogP contribution is -2.39. The first-order valence-electron chi connectivity index (χ1n) is 11.7. The minimum absolute atomic E-state index is 0.141. The van der Waals surface area contributed by atoms with Gasteiger partial charge in [-0.1, -0.05) is 72.3 Å². The number of benzene rings is 4. The highest BCUT2D eigenvalue weighted by Crippen LogP contribution is 2.14. The Morgan fingerprint density at radius 3 is 2.11 bits per heavy atom. The molecule has 0 radical (unpaired) electrons. The molecule has 178 valence electrons. The third-order valence-electron chi connectivity index (χ3n) is 6.13. The van der Waals surface area contributed by atoms with Gasteiger partial charge < -0.3 is 5.32 Å². The van der Waals surface area contributed by atoms with E-state index in [9.17, 15) is 14.4 Å². The summed E-state index contributed by atoms with van der Waals surface area (Å²) in [5.74, 6) is -0.141. The summed E-state index contributed by atoms with van der Waals surface area (Å²) >= 11 is 0. The van der Waals surface area contributed by atoms with Crippen LogP contribution in [0.25, 0.3) is 16.6 Å². The standard InChI is InChI=1S/C30H25N3O3/c1-21-11-13-23(14-12-21)20-32-27-10-6-5-9-26(27)29(35)33(30(32)36)25-17-15-22(16-18-25)19-28(34)31-24-7-3-2-4-8-24/h2-18H,19-20H2,1H3,(H,31,34). The Morgan fingerprint density at radius 1 is 0.750 bits per heavy atom. The second-order valence-electron chi connectivity index (χ2n) is 8.77. The Hall–Kier alpha value is -4.71. The molecule has 0 unspecified atom stereocenters. The van der Waals surface area contributed by atoms with E-state index < -0.39 is 5.69 Å². The topological polar surface area (TPSA) is 73.1 Å². The fourth-order valence-electron chi connectivity index (χ4n) is 4.25. The monoisotopic (exact) mass is 475 g/mol. The molecule has 0 saturated carbocycles. The average molecular weight is 476 g/mol. The number of aryl methyl sites for hydroxylation is 1. The molecule has 0 atom stereocenters. The summed E-state index contributed by atoms with van der Waals surface area (Å²) in [6, 6.07) is 31.4. The van der Waals surface area contributed by atoms with Crippen LogP contribution in [-0.2, 0) is 17.8 Å². The van der Waals surface area contributed by atoms with Crippen molar-refractivity contribution in [3.63, 3.8) is 0 Å². The Morgan fingerprint density at radius 2 is 1.39 bits per heavy atom. The Kier molecular flexibility index (Phi) is 6.33. The van der Waals surface area contributed by atoms with E-state index in [1.165, 1.54) is 4.57 Å². The molecule has 0 aliphatic heterocycles. The molecular weight excluding hydrogens is 450 g/mol. The molecule has 0 bridgehead atoms. The van der Waals surface area contributed by atoms with Gasteiger partial charge >= 0.3 is 5.69 Å². The number of para-hydroxylation sites is 2. The van der Waals surface area contributed by atoms with E-state index in [0.29, 0.717) is 23.1 Å². The molecule has 1 aromatic heterocycles. The van der Waals surface area contributed by atoms with Crippen LogP contribution in [-0.4, -0.2) is 15.0 Å². The number of hydrogen-bond acceptors (Lipinski definition) is 3. The summed E-state index contributed by atoms with van der Waals surface area (Å²) in [5.41, 5.74) is 3.89. The molecule has 1 amide bonds. The number of carbonyl (C=O) groups excluding carboxylic acids is 1. The quantitative estimate of drug-likeness (QED) is 0.387. The lowest BCUT2D eigenvalue weighted by atomic mass is 10.1. The minimum Gasteiger partial charge on any atom is -0.326 e. The number of hydrogen-bond donors (Lipinski definition) is 1. The zero-order valence-electron chi connectivity index (χ0n) is 19.8. The highest BCUT2D eigenvalue weighted by atomic mass is 16.2. The van der Waals surface area contributed by atoms with Crippen LogP contribution >= 0.6 is 0 Å². The van der Waals surface area contributed by atoms with Gasteiger partial charge in [0, 0.05) is 5.69 Å². The van der Waals surface area contributed by atoms with Gasteiger partial charge in [0.25, 0.3) is 5.56 Å². The van der Waals surface area contributed by atoms with Crippen LogP contribution in [0.4, 0.5) is 5.69 Å². The van der Waals surface area contributed by atoms with E-state index in [0.717, 1.165) is 22.4 Å². The molecular formula is C30H25N3O3. The van der Waals surface area contributed by atoms with Crippen molar-refractivity contribution >= 4 is 22.5 Å². The molecule has 6 heteroatoms. The maximum atomic E-state index is 13.6. The van der Waals surface area contributed by atoms with Gasteiger partial charge in [0.2, 0.25) is 5.91 Å². The van der Waals surface area contributed by atoms with Crippen LogP contribution in [0.3, 0.4) is 0 Å². The highest BCUT2D eigenvalue weighted by Gasteiger charge is 2.15. The maximum absolute atomic E-state index is 13.6. The molecule has 5 aromatic rings. The van der Waals surface area contributed by atoms with Crippen LogP contribution in [0.15, 0.2) is 113 Å². The fraction of sp³-hybridized carbons (Fsp3) is 0.100. The van der Waals surface area contributed by atoms with Crippen molar-refractivity contribution in [3.8, 4) is 5.69 Å². The number of rotatable bonds is 6. The lowest BCUT2D eigenvalue weighted by molar-refractivity contribution is -0.115. The number of nitrogens with one attached hydrogen (secondary N) is 1. The SMILES string of the molecule is Cc1ccc(Cn2c(=O)n(-c3ccc(CC(=O)Nc4ccccc4)cc3)c(=O)c3ccccc32)cc1. The van der Waals surface area contributed by atoms with E-state index in [4.69, 9.17) is 0 Å². The first kappa shape index (κ1) is 23.1. The third kappa shape index (κ3) is 4.74. The first-order chi connectivity index (χ1) is 17.5. The molecule has 0 fully saturated rings. The van der Waals surface area contributed by atoms with Crippen molar-refractivity contribution in [1.82, 2.24) is 9.13 Å². The number of carbonyl (C=O) groups is 1. The zero-order chi connectivity index (χ0) is 25.1. The van der Waals surface area contributed by atoms with Crippen molar-refractivity contribution in [1.29, 1.82) is 0 Å². The van der Waals surface area contributed by atoms with Gasteiger partial charge in [-0.3, -0.25) is 14.2 Å². The van der Waals surface area contributed by atoms with Crippen LogP contribution in [0.2, 0.25) is 0 Å². The van der Waals surface area contributed by atoms with Crippen molar-refractivity contribution in [3.05, 3.63) is 141 Å². The Labute approximate surface area is 208 Å². The van der Waals surface area contributed by atoms with E-state index in [-0.39, 0.29) is 17.9 Å². The van der Waals surface area contributed by atoms with E-state index >= 15 is 0 Å². The second-order valence-corrected chi connectivity index (χ2v) is 8.77. The fourth-order valence-corrected chi connectivity index (χ4v) is 4.25. The van der Waals surface area contributed by atoms with Crippen molar-refractivity contribution < 1.29 is 4.79 Å². The number of aromatic nitrogens is 2. The zero-order valence-corrected chi connectivity index (χ0v) is 19.8. The third-order valence-corrected chi connectivity index (χ3v) is 6.13. The number of anilines is 1. The molecule has 36 heavy (non-hydrogen) atoms. The number of amides is 1. The smallest absolute Gasteiger partial charge is 0.326 e. The summed E-state index contributed by atoms with van der Waals surface area (Å²) in [5, 5.41) is 3.33. The highest BCUT2D eigenvalue weighted by molar-refractivity contribution is 5.92. The lowest BCUT2D eigenvalue weighted by Gasteiger charge is -2.15. The van der Waals surface area contributed by atoms with Gasteiger partial charge in [-0.15, -0.1) is 0 Å². The maximum Gasteiger partial charge on any atom is 0.336 e. The second kappa shape index (κ2) is 9.88. The van der Waals surface area contributed by atoms with Crippen LogP contribution in [0, 0.1) is 6.92 Å². The summed E-state index contributed by atoms with van der Waals surface area (Å²) < 4.78 is 2.83. The van der Waals surface area contributed by atoms with E-state index in [2.05, 4.69) is 5.32 Å². The summed E-state index contributed by atoms with van der Waals surface area (Å²) in [4.78, 5) is 39.4. The Bertz CT molecular complexity index is 1650. The molecule has 0 aliphatic rings. The largest absolute Gasteiger partial charge is 0.336 e. The van der Waals surface area contributed by atoms with E-state index in [1.807, 2.05) is 67.6 Å². The van der Waals surface area contributed by atoms with Crippen molar-refractivity contribution in [2.24, 2.45) is 0 Å². The summed E-state index contributed by atoms with van der Waals surface area (Å²) in [7, 11) is 0. The van der Waals surface area contributed by atoms with Crippen LogP contribution < -0.4 is 16.6 Å². The van der Waals surface area contributed by atoms with E-state index in [1.54, 1.807) is 47.0 Å². The van der Waals surface area contributed by atoms with Gasteiger partial charge in [0.05, 0.1) is 29.6 Å². The van der Waals surface area contributed by atoms with Crippen molar-refractivity contribution in [2.75, 3.05) is 5.32 Å². The average Bonchev–Trinajstić information content (AvgIpc) is 2.89. The summed E-state index contributed by atoms with van der Waals surface area (Å²) in [6.07, 6.45) is 0.180. The van der Waals surface area contributed by atoms with Crippen molar-refractivity contribution in [2.45, 2.75) is 19.9 Å². The predicted octanol–water partition coefficient (Wildman–Crippen LogP) is 4.69. The predicted molar refractivity (Wildman–Crippen MR) is 143 cm³/mol. The molecule has 0 saturated heterocycles. The molecule has 4 aromatic carbocycles. The van der Waals surface area contributed by atoms with Gasteiger partial charge in [-0.05, 0) is 54.4 Å². The van der Waals surface area contributed by atoms with Crippen LogP contribution in [0.5, 0.6) is 0 Å². The Balaban J connectivity index is 1.49.